The third kappa shape index (κ3) is 4.44. The number of pyridine rings is 1. The average molecular weight is 256 g/mol. The highest BCUT2D eigenvalue weighted by atomic mass is 32.2. The van der Waals surface area contributed by atoms with Crippen LogP contribution in [-0.4, -0.2) is 30.9 Å². The van der Waals surface area contributed by atoms with Crippen LogP contribution in [0.5, 0.6) is 0 Å². The zero-order valence-electron chi connectivity index (χ0n) is 10.6. The number of hydrogen-bond donors (Lipinski definition) is 1. The number of nitrogens with zero attached hydrogens (tertiary/aromatic N) is 1. The van der Waals surface area contributed by atoms with Gasteiger partial charge in [0.2, 0.25) is 0 Å². The summed E-state index contributed by atoms with van der Waals surface area (Å²) in [6.45, 7) is 5.91. The largest absolute Gasteiger partial charge is 0.309 e. The van der Waals surface area contributed by atoms with Crippen LogP contribution in [0.2, 0.25) is 0 Å². The van der Waals surface area contributed by atoms with Gasteiger partial charge in [-0.05, 0) is 38.5 Å². The summed E-state index contributed by atoms with van der Waals surface area (Å²) in [5.74, 6) is 0.181. The molecule has 0 radical (unpaired) electrons. The zero-order chi connectivity index (χ0) is 12.9. The van der Waals surface area contributed by atoms with E-state index < -0.39 is 9.84 Å². The van der Waals surface area contributed by atoms with Crippen molar-refractivity contribution in [3.63, 3.8) is 0 Å². The first-order chi connectivity index (χ1) is 7.93. The van der Waals surface area contributed by atoms with Gasteiger partial charge in [-0.3, -0.25) is 4.98 Å². The van der Waals surface area contributed by atoms with E-state index in [9.17, 15) is 8.42 Å². The molecule has 0 aliphatic rings. The molecule has 0 saturated heterocycles. The number of nitrogens with one attached hydrogen (secondary N) is 1. The number of hydrogen-bond acceptors (Lipinski definition) is 4. The first-order valence-corrected chi connectivity index (χ1v) is 7.50. The van der Waals surface area contributed by atoms with E-state index in [1.54, 1.807) is 26.2 Å². The molecule has 0 aliphatic carbocycles. The monoisotopic (exact) mass is 256 g/mol. The van der Waals surface area contributed by atoms with Gasteiger partial charge in [0.1, 0.15) is 0 Å². The molecule has 1 atom stereocenters. The second kappa shape index (κ2) is 6.12. The highest BCUT2D eigenvalue weighted by Crippen LogP contribution is 2.09. The Hall–Kier alpha value is -0.940. The summed E-state index contributed by atoms with van der Waals surface area (Å²) in [4.78, 5) is 3.95. The third-order valence-electron chi connectivity index (χ3n) is 2.76. The maximum Gasteiger partial charge on any atom is 0.153 e. The van der Waals surface area contributed by atoms with E-state index >= 15 is 0 Å². The highest BCUT2D eigenvalue weighted by molar-refractivity contribution is 7.92. The van der Waals surface area contributed by atoms with Gasteiger partial charge >= 0.3 is 0 Å². The molecule has 0 aromatic carbocycles. The minimum Gasteiger partial charge on any atom is -0.309 e. The zero-order valence-corrected chi connectivity index (χ0v) is 11.4. The van der Waals surface area contributed by atoms with Crippen molar-refractivity contribution < 1.29 is 8.42 Å². The summed E-state index contributed by atoms with van der Waals surface area (Å²) >= 11 is 0. The van der Waals surface area contributed by atoms with Crippen LogP contribution >= 0.6 is 0 Å². The van der Waals surface area contributed by atoms with E-state index in [0.717, 1.165) is 5.56 Å². The summed E-state index contributed by atoms with van der Waals surface area (Å²) in [6, 6.07) is 3.99. The molecule has 0 bridgehead atoms. The average Bonchev–Trinajstić information content (AvgIpc) is 2.29. The van der Waals surface area contributed by atoms with Crippen LogP contribution < -0.4 is 5.32 Å². The summed E-state index contributed by atoms with van der Waals surface area (Å²) in [5.41, 5.74) is 1.11. The van der Waals surface area contributed by atoms with E-state index in [2.05, 4.69) is 10.3 Å². The fourth-order valence-electron chi connectivity index (χ4n) is 1.42. The minimum atomic E-state index is -2.95. The molecule has 1 N–H and O–H groups in total. The molecule has 0 fully saturated rings. The Kier molecular flexibility index (Phi) is 5.08. The first kappa shape index (κ1) is 14.1. The van der Waals surface area contributed by atoms with Crippen LogP contribution in [0.15, 0.2) is 24.5 Å². The van der Waals surface area contributed by atoms with E-state index in [1.807, 2.05) is 19.1 Å². The van der Waals surface area contributed by atoms with E-state index in [1.165, 1.54) is 0 Å². The lowest BCUT2D eigenvalue weighted by Crippen LogP contribution is -2.29. The molecule has 5 heteroatoms. The number of aromatic nitrogens is 1. The minimum absolute atomic E-state index is 0.139. The summed E-state index contributed by atoms with van der Waals surface area (Å²) in [7, 11) is -2.95. The molecule has 96 valence electrons. The normalized spacial score (nSPS) is 13.9. The topological polar surface area (TPSA) is 59.1 Å². The Morgan fingerprint density at radius 3 is 2.35 bits per heavy atom. The molecule has 0 amide bonds. The van der Waals surface area contributed by atoms with E-state index in [0.29, 0.717) is 6.54 Å². The smallest absolute Gasteiger partial charge is 0.153 e. The summed E-state index contributed by atoms with van der Waals surface area (Å²) in [5, 5.41) is 2.90. The van der Waals surface area contributed by atoms with Crippen molar-refractivity contribution in [2.24, 2.45) is 0 Å². The quantitative estimate of drug-likeness (QED) is 0.839. The number of sulfone groups is 1. The predicted octanol–water partition coefficient (Wildman–Crippen LogP) is 1.56. The molecule has 4 nitrogen and oxygen atoms in total. The Morgan fingerprint density at radius 2 is 1.82 bits per heavy atom. The Balaban J connectivity index is 2.43. The Labute approximate surface area is 103 Å². The van der Waals surface area contributed by atoms with Crippen molar-refractivity contribution in [2.75, 3.05) is 12.3 Å². The van der Waals surface area contributed by atoms with Gasteiger partial charge in [0.05, 0.1) is 11.0 Å². The standard InChI is InChI=1S/C12H20N2O2S/c1-10(2)17(15,16)9-8-14-11(3)12-4-6-13-7-5-12/h4-7,10-11,14H,8-9H2,1-3H3/t11-/m1/s1. The van der Waals surface area contributed by atoms with Crippen molar-refractivity contribution in [1.29, 1.82) is 0 Å². The highest BCUT2D eigenvalue weighted by Gasteiger charge is 2.15. The second-order valence-electron chi connectivity index (χ2n) is 4.37. The van der Waals surface area contributed by atoms with Crippen LogP contribution in [0.4, 0.5) is 0 Å². The van der Waals surface area contributed by atoms with Gasteiger partial charge in [0.15, 0.2) is 9.84 Å². The van der Waals surface area contributed by atoms with Crippen molar-refractivity contribution in [3.05, 3.63) is 30.1 Å². The molecule has 1 heterocycles. The number of rotatable bonds is 6. The predicted molar refractivity (Wildman–Crippen MR) is 69.6 cm³/mol. The molecule has 0 saturated carbocycles. The van der Waals surface area contributed by atoms with Crippen molar-refractivity contribution >= 4 is 9.84 Å². The van der Waals surface area contributed by atoms with Gasteiger partial charge in [0, 0.05) is 25.0 Å². The maximum absolute atomic E-state index is 11.6. The van der Waals surface area contributed by atoms with Crippen LogP contribution in [0.3, 0.4) is 0 Å². The van der Waals surface area contributed by atoms with Crippen molar-refractivity contribution in [1.82, 2.24) is 10.3 Å². The van der Waals surface area contributed by atoms with Gasteiger partial charge in [-0.15, -0.1) is 0 Å². The lowest BCUT2D eigenvalue weighted by molar-refractivity contribution is 0.566. The molecular weight excluding hydrogens is 236 g/mol. The van der Waals surface area contributed by atoms with Gasteiger partial charge < -0.3 is 5.32 Å². The van der Waals surface area contributed by atoms with Crippen LogP contribution in [-0.2, 0) is 9.84 Å². The molecule has 1 aromatic rings. The van der Waals surface area contributed by atoms with E-state index in [4.69, 9.17) is 0 Å². The third-order valence-corrected chi connectivity index (χ3v) is 4.97. The van der Waals surface area contributed by atoms with Gasteiger partial charge in [-0.25, -0.2) is 8.42 Å². The maximum atomic E-state index is 11.6. The SMILES string of the molecule is CC(C)S(=O)(=O)CCN[C@H](C)c1ccncc1. The molecule has 0 spiro atoms. The lowest BCUT2D eigenvalue weighted by atomic mass is 10.1. The van der Waals surface area contributed by atoms with Crippen molar-refractivity contribution in [3.8, 4) is 0 Å². The molecule has 17 heavy (non-hydrogen) atoms. The molecular formula is C12H20N2O2S. The fraction of sp³-hybridized carbons (Fsp3) is 0.583. The van der Waals surface area contributed by atoms with Gasteiger partial charge in [-0.1, -0.05) is 0 Å². The molecule has 0 unspecified atom stereocenters. The van der Waals surface area contributed by atoms with E-state index in [-0.39, 0.29) is 17.0 Å². The Bertz CT molecular complexity index is 429. The first-order valence-electron chi connectivity index (χ1n) is 5.78. The van der Waals surface area contributed by atoms with Crippen molar-refractivity contribution in [2.45, 2.75) is 32.1 Å². The fourth-order valence-corrected chi connectivity index (χ4v) is 2.30. The summed E-state index contributed by atoms with van der Waals surface area (Å²) < 4.78 is 23.2. The molecule has 1 rings (SSSR count). The van der Waals surface area contributed by atoms with Crippen LogP contribution in [0.25, 0.3) is 0 Å². The molecule has 0 aliphatic heterocycles. The van der Waals surface area contributed by atoms with Gasteiger partial charge in [-0.2, -0.15) is 0 Å². The van der Waals surface area contributed by atoms with Gasteiger partial charge in [0.25, 0.3) is 0 Å². The summed E-state index contributed by atoms with van der Waals surface area (Å²) in [6.07, 6.45) is 3.47. The second-order valence-corrected chi connectivity index (χ2v) is 7.05. The Morgan fingerprint density at radius 1 is 1.24 bits per heavy atom. The molecule has 1 aromatic heterocycles. The lowest BCUT2D eigenvalue weighted by Gasteiger charge is -2.14. The van der Waals surface area contributed by atoms with Crippen LogP contribution in [0.1, 0.15) is 32.4 Å². The van der Waals surface area contributed by atoms with Crippen LogP contribution in [0, 0.1) is 0 Å².